The van der Waals surface area contributed by atoms with Crippen molar-refractivity contribution in [3.63, 3.8) is 0 Å². The van der Waals surface area contributed by atoms with Crippen molar-refractivity contribution >= 4 is 29.6 Å². The third-order valence-corrected chi connectivity index (χ3v) is 7.41. The van der Waals surface area contributed by atoms with E-state index in [1.807, 2.05) is 39.8 Å². The minimum atomic E-state index is -1.18. The molecule has 6 rings (SSSR count). The number of hydrogen-bond acceptors (Lipinski definition) is 6. The van der Waals surface area contributed by atoms with Gasteiger partial charge in [0.2, 0.25) is 0 Å². The van der Waals surface area contributed by atoms with Crippen LogP contribution in [0.1, 0.15) is 74.7 Å². The number of rotatable bonds is 3. The summed E-state index contributed by atoms with van der Waals surface area (Å²) in [5, 5.41) is 15.2. The van der Waals surface area contributed by atoms with E-state index in [-0.39, 0.29) is 5.60 Å². The highest BCUT2D eigenvalue weighted by atomic mass is 16.5. The van der Waals surface area contributed by atoms with E-state index in [1.165, 1.54) is 11.1 Å². The van der Waals surface area contributed by atoms with Gasteiger partial charge in [-0.3, -0.25) is 0 Å². The molecule has 0 spiro atoms. The molecule has 8 nitrogen and oxygen atoms in total. The van der Waals surface area contributed by atoms with E-state index in [2.05, 4.69) is 54.3 Å². The molecule has 8 heteroatoms. The van der Waals surface area contributed by atoms with E-state index in [0.717, 1.165) is 30.8 Å². The van der Waals surface area contributed by atoms with Crippen LogP contribution in [0.3, 0.4) is 0 Å². The fourth-order valence-corrected chi connectivity index (χ4v) is 5.36. The Morgan fingerprint density at radius 3 is 2.62 bits per heavy atom. The van der Waals surface area contributed by atoms with Gasteiger partial charge in [-0.1, -0.05) is 42.5 Å². The largest absolute Gasteiger partial charge is 0.479 e. The average molecular weight is 531 g/mol. The van der Waals surface area contributed by atoms with E-state index < -0.39 is 17.7 Å². The number of carboxylic acid groups (broad SMARTS) is 1. The third kappa shape index (κ3) is 5.92. The van der Waals surface area contributed by atoms with Gasteiger partial charge in [-0.2, -0.15) is 9.61 Å². The maximum Gasteiger partial charge on any atom is 0.337 e. The van der Waals surface area contributed by atoms with Crippen LogP contribution in [0.5, 0.6) is 0 Å². The highest BCUT2D eigenvalue weighted by molar-refractivity contribution is 5.78. The van der Waals surface area contributed by atoms with Crippen molar-refractivity contribution in [2.24, 2.45) is 0 Å². The van der Waals surface area contributed by atoms with Gasteiger partial charge < -0.3 is 19.5 Å². The second-order valence-corrected chi connectivity index (χ2v) is 11.7. The van der Waals surface area contributed by atoms with Crippen LogP contribution in [0.2, 0.25) is 0 Å². The molecule has 3 aromatic rings. The molecule has 1 fully saturated rings. The van der Waals surface area contributed by atoms with E-state index in [4.69, 9.17) is 19.6 Å². The Kier molecular flexibility index (Phi) is 7.35. The van der Waals surface area contributed by atoms with Gasteiger partial charge in [0.15, 0.2) is 11.8 Å². The summed E-state index contributed by atoms with van der Waals surface area (Å²) in [5.74, 6) is -0.317. The number of benzene rings is 1. The van der Waals surface area contributed by atoms with Crippen LogP contribution in [0.15, 0.2) is 42.5 Å². The molecular weight excluding hydrogens is 492 g/mol. The summed E-state index contributed by atoms with van der Waals surface area (Å²) < 4.78 is 14.3. The van der Waals surface area contributed by atoms with Crippen LogP contribution in [-0.4, -0.2) is 56.6 Å². The summed E-state index contributed by atoms with van der Waals surface area (Å²) in [6.45, 7) is 11.5. The van der Waals surface area contributed by atoms with Gasteiger partial charge in [-0.25, -0.2) is 9.78 Å². The summed E-state index contributed by atoms with van der Waals surface area (Å²) in [7, 11) is 0. The molecule has 1 N–H and O–H groups in total. The Labute approximate surface area is 230 Å². The second kappa shape index (κ2) is 10.6. The second-order valence-electron chi connectivity index (χ2n) is 11.7. The SMILES string of the molecule is Cc1nc2cc3nn2c(c1[C@H](OC(C)(C)C)C(=O)O)N1CCC(C)(CC1)OC/C=C\c1ccccc1C/C=C\3. The molecule has 0 aliphatic carbocycles. The Balaban J connectivity index is 1.66. The number of aryl methyl sites for hydroxylation is 1. The van der Waals surface area contributed by atoms with Crippen LogP contribution in [-0.2, 0) is 20.7 Å². The Morgan fingerprint density at radius 1 is 1.15 bits per heavy atom. The van der Waals surface area contributed by atoms with Crippen LogP contribution >= 0.6 is 0 Å². The van der Waals surface area contributed by atoms with Gasteiger partial charge >= 0.3 is 5.97 Å². The Morgan fingerprint density at radius 2 is 1.90 bits per heavy atom. The zero-order chi connectivity index (χ0) is 27.8. The van der Waals surface area contributed by atoms with E-state index in [1.54, 1.807) is 4.52 Å². The standard InChI is InChI=1S/C31H38N4O4/c1-21-26(27(29(36)37)39-30(2,3)4)28-34-17-15-31(5,16-18-34)38-19-9-13-23-11-7-6-10-22(23)12-8-14-24-20-25(32-21)35(28)33-24/h6-11,13-14,20,27H,12,15-19H2,1-5H3,(H,36,37)/b13-9-,14-8-/t27-/m0/s1. The molecule has 0 amide bonds. The fraction of sp³-hybridized carbons (Fsp3) is 0.452. The molecule has 0 unspecified atom stereocenters. The lowest BCUT2D eigenvalue weighted by Crippen LogP contribution is -2.45. The molecule has 1 atom stereocenters. The number of nitrogens with zero attached hydrogens (tertiary/aromatic N) is 4. The molecule has 39 heavy (non-hydrogen) atoms. The van der Waals surface area contributed by atoms with Crippen LogP contribution in [0.25, 0.3) is 17.8 Å². The number of aromatic nitrogens is 3. The van der Waals surface area contributed by atoms with E-state index >= 15 is 0 Å². The molecular formula is C31H38N4O4. The van der Waals surface area contributed by atoms with Gasteiger partial charge in [0.25, 0.3) is 0 Å². The van der Waals surface area contributed by atoms with Crippen molar-refractivity contribution in [2.45, 2.75) is 71.2 Å². The molecule has 5 heterocycles. The summed E-state index contributed by atoms with van der Waals surface area (Å²) in [4.78, 5) is 19.6. The lowest BCUT2D eigenvalue weighted by atomic mass is 9.92. The third-order valence-electron chi connectivity index (χ3n) is 7.41. The van der Waals surface area contributed by atoms with Crippen molar-refractivity contribution in [3.05, 3.63) is 70.6 Å². The molecule has 0 radical (unpaired) electrons. The first kappa shape index (κ1) is 27.1. The zero-order valence-corrected chi connectivity index (χ0v) is 23.5. The first-order chi connectivity index (χ1) is 18.5. The lowest BCUT2D eigenvalue weighted by molar-refractivity contribution is -0.160. The zero-order valence-electron chi connectivity index (χ0n) is 23.5. The van der Waals surface area contributed by atoms with E-state index in [0.29, 0.717) is 36.6 Å². The summed E-state index contributed by atoms with van der Waals surface area (Å²) in [6, 6.07) is 10.3. The number of hydrogen-bond donors (Lipinski definition) is 1. The number of carbonyl (C=O) groups is 1. The first-order valence-electron chi connectivity index (χ1n) is 13.6. The first-order valence-corrected chi connectivity index (χ1v) is 13.6. The van der Waals surface area contributed by atoms with Gasteiger partial charge in [0, 0.05) is 24.8 Å². The van der Waals surface area contributed by atoms with Crippen molar-refractivity contribution in [1.82, 2.24) is 14.6 Å². The summed E-state index contributed by atoms with van der Waals surface area (Å²) >= 11 is 0. The molecule has 0 saturated carbocycles. The van der Waals surface area contributed by atoms with Crippen molar-refractivity contribution in [2.75, 3.05) is 24.6 Å². The van der Waals surface area contributed by atoms with Crippen LogP contribution < -0.4 is 4.90 Å². The predicted molar refractivity (Wildman–Crippen MR) is 153 cm³/mol. The highest BCUT2D eigenvalue weighted by Crippen LogP contribution is 2.37. The van der Waals surface area contributed by atoms with Gasteiger partial charge in [-0.05, 0) is 71.1 Å². The summed E-state index contributed by atoms with van der Waals surface area (Å²) in [6.07, 6.45) is 9.50. The van der Waals surface area contributed by atoms with E-state index in [9.17, 15) is 9.90 Å². The smallest absolute Gasteiger partial charge is 0.337 e. The number of allylic oxidation sites excluding steroid dienone is 1. The maximum absolute atomic E-state index is 12.6. The maximum atomic E-state index is 12.6. The van der Waals surface area contributed by atoms with Crippen LogP contribution in [0.4, 0.5) is 5.82 Å². The van der Waals surface area contributed by atoms with Gasteiger partial charge in [0.1, 0.15) is 5.82 Å². The normalized spacial score (nSPS) is 20.0. The number of fused-ring (bicyclic) bond motifs is 5. The number of ether oxygens (including phenoxy) is 2. The predicted octanol–water partition coefficient (Wildman–Crippen LogP) is 5.64. The average Bonchev–Trinajstić information content (AvgIpc) is 3.27. The molecule has 2 aromatic heterocycles. The molecule has 3 aliphatic heterocycles. The molecule has 1 aromatic carbocycles. The van der Waals surface area contributed by atoms with Crippen molar-refractivity contribution in [1.29, 1.82) is 0 Å². The van der Waals surface area contributed by atoms with Crippen LogP contribution in [0, 0.1) is 6.92 Å². The lowest BCUT2D eigenvalue weighted by Gasteiger charge is -2.41. The molecule has 1 saturated heterocycles. The van der Waals surface area contributed by atoms with Gasteiger partial charge in [-0.15, -0.1) is 0 Å². The minimum absolute atomic E-state index is 0.277. The number of aliphatic carboxylic acids is 1. The number of piperidine rings is 1. The fourth-order valence-electron chi connectivity index (χ4n) is 5.36. The topological polar surface area (TPSA) is 89.2 Å². The monoisotopic (exact) mass is 530 g/mol. The molecule has 3 aliphatic rings. The Bertz CT molecular complexity index is 1420. The van der Waals surface area contributed by atoms with Gasteiger partial charge in [0.05, 0.1) is 29.1 Å². The Hall–Kier alpha value is -3.49. The van der Waals surface area contributed by atoms with Crippen molar-refractivity contribution < 1.29 is 19.4 Å². The quantitative estimate of drug-likeness (QED) is 0.469. The highest BCUT2D eigenvalue weighted by Gasteiger charge is 2.37. The number of carboxylic acids is 1. The number of anilines is 1. The molecule has 206 valence electrons. The minimum Gasteiger partial charge on any atom is -0.479 e. The summed E-state index contributed by atoms with van der Waals surface area (Å²) in [5.41, 5.74) is 4.08. The van der Waals surface area contributed by atoms with Crippen molar-refractivity contribution in [3.8, 4) is 0 Å². The molecule has 4 bridgehead atoms.